The third kappa shape index (κ3) is 3.73. The first-order chi connectivity index (χ1) is 11.5. The standard InChI is InChI=1S/C18H24ClN3O2/c19-15-3-1-14(2-4-15)18(7-8-18)11-21-17(24)16(20)13-5-9-22(12-23)10-6-13/h1-4,12-13,16H,5-11,20H2,(H,21,24). The molecule has 24 heavy (non-hydrogen) atoms. The van der Waals surface area contributed by atoms with Gasteiger partial charge in [-0.05, 0) is 49.3 Å². The third-order valence-corrected chi connectivity index (χ3v) is 5.70. The minimum absolute atomic E-state index is 0.0425. The molecule has 2 amide bonds. The van der Waals surface area contributed by atoms with E-state index < -0.39 is 6.04 Å². The maximum atomic E-state index is 12.4. The quantitative estimate of drug-likeness (QED) is 0.767. The van der Waals surface area contributed by atoms with E-state index >= 15 is 0 Å². The zero-order valence-electron chi connectivity index (χ0n) is 13.7. The molecule has 1 saturated carbocycles. The molecule has 0 bridgehead atoms. The summed E-state index contributed by atoms with van der Waals surface area (Å²) in [6.45, 7) is 1.99. The van der Waals surface area contributed by atoms with Crippen molar-refractivity contribution in [1.82, 2.24) is 10.2 Å². The highest BCUT2D eigenvalue weighted by molar-refractivity contribution is 6.30. The van der Waals surface area contributed by atoms with Gasteiger partial charge in [0.2, 0.25) is 12.3 Å². The van der Waals surface area contributed by atoms with Crippen LogP contribution in [-0.2, 0) is 15.0 Å². The van der Waals surface area contributed by atoms with Crippen LogP contribution in [0, 0.1) is 5.92 Å². The van der Waals surface area contributed by atoms with Crippen LogP contribution in [-0.4, -0.2) is 42.9 Å². The molecule has 2 aliphatic rings. The fourth-order valence-corrected chi connectivity index (χ4v) is 3.62. The van der Waals surface area contributed by atoms with Gasteiger partial charge >= 0.3 is 0 Å². The van der Waals surface area contributed by atoms with Gasteiger partial charge in [-0.25, -0.2) is 0 Å². The lowest BCUT2D eigenvalue weighted by Crippen LogP contribution is -2.50. The highest BCUT2D eigenvalue weighted by atomic mass is 35.5. The molecule has 6 heteroatoms. The summed E-state index contributed by atoms with van der Waals surface area (Å²) in [6.07, 6.45) is 4.58. The van der Waals surface area contributed by atoms with Crippen LogP contribution in [0.5, 0.6) is 0 Å². The smallest absolute Gasteiger partial charge is 0.237 e. The molecule has 5 nitrogen and oxygen atoms in total. The molecule has 1 heterocycles. The number of likely N-dealkylation sites (tertiary alicyclic amines) is 1. The van der Waals surface area contributed by atoms with E-state index in [1.165, 1.54) is 5.56 Å². The summed E-state index contributed by atoms with van der Waals surface area (Å²) in [5.41, 5.74) is 7.42. The van der Waals surface area contributed by atoms with E-state index in [-0.39, 0.29) is 17.2 Å². The molecule has 0 aromatic heterocycles. The van der Waals surface area contributed by atoms with Gasteiger partial charge in [-0.3, -0.25) is 9.59 Å². The topological polar surface area (TPSA) is 75.4 Å². The normalized spacial score (nSPS) is 21.2. The number of hydrogen-bond acceptors (Lipinski definition) is 3. The van der Waals surface area contributed by atoms with E-state index in [1.54, 1.807) is 4.90 Å². The Labute approximate surface area is 147 Å². The summed E-state index contributed by atoms with van der Waals surface area (Å²) < 4.78 is 0. The van der Waals surface area contributed by atoms with Crippen molar-refractivity contribution in [3.05, 3.63) is 34.9 Å². The number of nitrogens with zero attached hydrogens (tertiary/aromatic N) is 1. The largest absolute Gasteiger partial charge is 0.354 e. The summed E-state index contributed by atoms with van der Waals surface area (Å²) in [5, 5.41) is 3.77. The maximum absolute atomic E-state index is 12.4. The lowest BCUT2D eigenvalue weighted by Gasteiger charge is -2.32. The number of halogens is 1. The second-order valence-corrected chi connectivity index (χ2v) is 7.45. The van der Waals surface area contributed by atoms with Crippen molar-refractivity contribution < 1.29 is 9.59 Å². The summed E-state index contributed by atoms with van der Waals surface area (Å²) in [4.78, 5) is 24.9. The van der Waals surface area contributed by atoms with E-state index in [0.717, 1.165) is 37.1 Å². The number of carbonyl (C=O) groups excluding carboxylic acids is 2. The Bertz CT molecular complexity index is 593. The van der Waals surface area contributed by atoms with E-state index in [0.29, 0.717) is 19.6 Å². The Morgan fingerprint density at radius 1 is 1.33 bits per heavy atom. The van der Waals surface area contributed by atoms with E-state index in [9.17, 15) is 9.59 Å². The minimum atomic E-state index is -0.500. The first-order valence-corrected chi connectivity index (χ1v) is 8.90. The van der Waals surface area contributed by atoms with Crippen LogP contribution in [0.15, 0.2) is 24.3 Å². The Balaban J connectivity index is 1.52. The SMILES string of the molecule is NC(C(=O)NCC1(c2ccc(Cl)cc2)CC1)C1CCN(C=O)CC1. The Kier molecular flexibility index (Phi) is 5.11. The Morgan fingerprint density at radius 2 is 1.96 bits per heavy atom. The fraction of sp³-hybridized carbons (Fsp3) is 0.556. The van der Waals surface area contributed by atoms with Gasteiger partial charge in [0.25, 0.3) is 0 Å². The molecule has 0 spiro atoms. The number of carbonyl (C=O) groups is 2. The van der Waals surface area contributed by atoms with Gasteiger partial charge in [0.05, 0.1) is 6.04 Å². The van der Waals surface area contributed by atoms with E-state index in [1.807, 2.05) is 24.3 Å². The zero-order valence-corrected chi connectivity index (χ0v) is 14.5. The van der Waals surface area contributed by atoms with Crippen LogP contribution in [0.4, 0.5) is 0 Å². The molecule has 3 N–H and O–H groups in total. The number of amides is 2. The first kappa shape index (κ1) is 17.2. The molecule has 3 rings (SSSR count). The highest BCUT2D eigenvalue weighted by Gasteiger charge is 2.44. The minimum Gasteiger partial charge on any atom is -0.354 e. The number of benzene rings is 1. The molecular weight excluding hydrogens is 326 g/mol. The monoisotopic (exact) mass is 349 g/mol. The molecule has 1 aromatic rings. The molecule has 0 radical (unpaired) electrons. The fourth-order valence-electron chi connectivity index (χ4n) is 3.49. The summed E-state index contributed by atoms with van der Waals surface area (Å²) >= 11 is 5.95. The predicted octanol–water partition coefficient (Wildman–Crippen LogP) is 1.68. The van der Waals surface area contributed by atoms with Crippen LogP contribution >= 0.6 is 11.6 Å². The molecule has 1 aromatic carbocycles. The first-order valence-electron chi connectivity index (χ1n) is 8.53. The van der Waals surface area contributed by atoms with Crippen LogP contribution in [0.2, 0.25) is 5.02 Å². The number of rotatable bonds is 6. The van der Waals surface area contributed by atoms with Crippen LogP contribution in [0.1, 0.15) is 31.2 Å². The van der Waals surface area contributed by atoms with Crippen molar-refractivity contribution in [2.45, 2.75) is 37.1 Å². The molecule has 1 atom stereocenters. The van der Waals surface area contributed by atoms with Crippen LogP contribution in [0.25, 0.3) is 0 Å². The van der Waals surface area contributed by atoms with Gasteiger partial charge in [0.15, 0.2) is 0 Å². The van der Waals surface area contributed by atoms with Crippen molar-refractivity contribution in [1.29, 1.82) is 0 Å². The average molecular weight is 350 g/mol. The van der Waals surface area contributed by atoms with Crippen LogP contribution < -0.4 is 11.1 Å². The number of piperidine rings is 1. The third-order valence-electron chi connectivity index (χ3n) is 5.45. The van der Waals surface area contributed by atoms with Crippen molar-refractivity contribution >= 4 is 23.9 Å². The highest BCUT2D eigenvalue weighted by Crippen LogP contribution is 2.47. The van der Waals surface area contributed by atoms with Crippen molar-refractivity contribution in [2.24, 2.45) is 11.7 Å². The van der Waals surface area contributed by atoms with Gasteiger partial charge in [-0.15, -0.1) is 0 Å². The average Bonchev–Trinajstić information content (AvgIpc) is 3.41. The van der Waals surface area contributed by atoms with Crippen molar-refractivity contribution in [3.8, 4) is 0 Å². The predicted molar refractivity (Wildman–Crippen MR) is 93.7 cm³/mol. The number of hydrogen-bond donors (Lipinski definition) is 2. The molecule has 1 saturated heterocycles. The molecule has 2 fully saturated rings. The second-order valence-electron chi connectivity index (χ2n) is 7.01. The lowest BCUT2D eigenvalue weighted by molar-refractivity contribution is -0.124. The molecule has 1 unspecified atom stereocenters. The molecule has 130 valence electrons. The van der Waals surface area contributed by atoms with Crippen molar-refractivity contribution in [3.63, 3.8) is 0 Å². The molecule has 1 aliphatic heterocycles. The van der Waals surface area contributed by atoms with Crippen LogP contribution in [0.3, 0.4) is 0 Å². The molecular formula is C18H24ClN3O2. The summed E-state index contributed by atoms with van der Waals surface area (Å²) in [6, 6.07) is 7.36. The lowest BCUT2D eigenvalue weighted by atomic mass is 9.89. The Hall–Kier alpha value is -1.59. The molecule has 1 aliphatic carbocycles. The summed E-state index contributed by atoms with van der Waals surface area (Å²) in [7, 11) is 0. The van der Waals surface area contributed by atoms with Gasteiger partial charge in [-0.1, -0.05) is 23.7 Å². The zero-order chi connectivity index (χ0) is 17.2. The van der Waals surface area contributed by atoms with E-state index in [2.05, 4.69) is 5.32 Å². The number of nitrogens with one attached hydrogen (secondary N) is 1. The van der Waals surface area contributed by atoms with E-state index in [4.69, 9.17) is 17.3 Å². The second kappa shape index (κ2) is 7.11. The maximum Gasteiger partial charge on any atom is 0.237 e. The number of nitrogens with two attached hydrogens (primary N) is 1. The van der Waals surface area contributed by atoms with Gasteiger partial charge in [0, 0.05) is 30.1 Å². The van der Waals surface area contributed by atoms with Gasteiger partial charge < -0.3 is 16.0 Å². The van der Waals surface area contributed by atoms with Gasteiger partial charge in [-0.2, -0.15) is 0 Å². The van der Waals surface area contributed by atoms with Crippen molar-refractivity contribution in [2.75, 3.05) is 19.6 Å². The summed E-state index contributed by atoms with van der Waals surface area (Å²) in [5.74, 6) is 0.0617. The Morgan fingerprint density at radius 3 is 2.50 bits per heavy atom. The van der Waals surface area contributed by atoms with Gasteiger partial charge in [0.1, 0.15) is 0 Å².